The van der Waals surface area contributed by atoms with Gasteiger partial charge in [-0.1, -0.05) is 30.3 Å². The number of hydrogen-bond donors (Lipinski definition) is 0. The van der Waals surface area contributed by atoms with Gasteiger partial charge < -0.3 is 4.90 Å². The molecule has 0 bridgehead atoms. The van der Waals surface area contributed by atoms with Crippen LogP contribution in [0.1, 0.15) is 48.1 Å². The van der Waals surface area contributed by atoms with Crippen molar-refractivity contribution in [3.05, 3.63) is 63.0 Å². The second kappa shape index (κ2) is 8.95. The Morgan fingerprint density at radius 1 is 1.10 bits per heavy atom. The summed E-state index contributed by atoms with van der Waals surface area (Å²) in [5.41, 5.74) is 2.62. The van der Waals surface area contributed by atoms with Crippen LogP contribution in [0.3, 0.4) is 0 Å². The number of fused-ring (bicyclic) bond motifs is 3. The molecule has 0 N–H and O–H groups in total. The van der Waals surface area contributed by atoms with Crippen molar-refractivity contribution in [3.8, 4) is 0 Å². The minimum atomic E-state index is 0.0266. The van der Waals surface area contributed by atoms with Crippen molar-refractivity contribution in [2.45, 2.75) is 57.9 Å². The van der Waals surface area contributed by atoms with Crippen LogP contribution in [0.2, 0.25) is 0 Å². The van der Waals surface area contributed by atoms with Gasteiger partial charge in [0.15, 0.2) is 0 Å². The van der Waals surface area contributed by atoms with Crippen LogP contribution in [-0.2, 0) is 30.6 Å². The molecule has 5 nitrogen and oxygen atoms in total. The molecule has 162 valence electrons. The Bertz CT molecular complexity index is 1130. The molecule has 3 heterocycles. The van der Waals surface area contributed by atoms with E-state index >= 15 is 0 Å². The zero-order valence-corrected chi connectivity index (χ0v) is 18.7. The van der Waals surface area contributed by atoms with E-state index in [1.54, 1.807) is 22.2 Å². The minimum absolute atomic E-state index is 0.0266. The van der Waals surface area contributed by atoms with Crippen molar-refractivity contribution in [1.82, 2.24) is 14.5 Å². The summed E-state index contributed by atoms with van der Waals surface area (Å²) in [6.45, 7) is 2.05. The molecule has 3 aromatic rings. The number of piperidine rings is 1. The lowest BCUT2D eigenvalue weighted by molar-refractivity contribution is -0.132. The number of likely N-dealkylation sites (tertiary alicyclic amines) is 1. The van der Waals surface area contributed by atoms with Gasteiger partial charge in [0.05, 0.1) is 11.7 Å². The van der Waals surface area contributed by atoms with Gasteiger partial charge in [-0.05, 0) is 62.0 Å². The highest BCUT2D eigenvalue weighted by Gasteiger charge is 2.24. The number of hydrogen-bond acceptors (Lipinski definition) is 4. The zero-order chi connectivity index (χ0) is 21.2. The van der Waals surface area contributed by atoms with E-state index in [0.29, 0.717) is 18.9 Å². The monoisotopic (exact) mass is 435 g/mol. The average molecular weight is 436 g/mol. The molecule has 0 spiro atoms. The van der Waals surface area contributed by atoms with E-state index in [2.05, 4.69) is 35.3 Å². The topological polar surface area (TPSA) is 55.2 Å². The molecule has 31 heavy (non-hydrogen) atoms. The standard InChI is InChI=1S/C25H29N3O2S/c29-22(27-13-10-19(11-14-27)16-18-6-2-1-3-7-18)12-15-28-17-26-24-23(25(28)30)20-8-4-5-9-21(20)31-24/h1-3,6-7,17,19H,4-5,8-16H2. The molecule has 1 amide bonds. The van der Waals surface area contributed by atoms with E-state index in [4.69, 9.17) is 0 Å². The highest BCUT2D eigenvalue weighted by atomic mass is 32.1. The van der Waals surface area contributed by atoms with Crippen LogP contribution in [0.4, 0.5) is 0 Å². The summed E-state index contributed by atoms with van der Waals surface area (Å²) < 4.78 is 1.64. The second-order valence-electron chi connectivity index (χ2n) is 8.90. The third-order valence-corrected chi connectivity index (χ3v) is 8.04. The first-order chi connectivity index (χ1) is 15.2. The van der Waals surface area contributed by atoms with Crippen molar-refractivity contribution in [3.63, 3.8) is 0 Å². The lowest BCUT2D eigenvalue weighted by Crippen LogP contribution is -2.39. The van der Waals surface area contributed by atoms with Crippen molar-refractivity contribution in [2.24, 2.45) is 5.92 Å². The molecule has 5 rings (SSSR count). The predicted molar refractivity (Wildman–Crippen MR) is 125 cm³/mol. The van der Waals surface area contributed by atoms with Crippen molar-refractivity contribution < 1.29 is 4.79 Å². The van der Waals surface area contributed by atoms with E-state index in [0.717, 1.165) is 61.8 Å². The van der Waals surface area contributed by atoms with Crippen LogP contribution in [0.25, 0.3) is 10.2 Å². The maximum absolute atomic E-state index is 13.1. The molecule has 2 aromatic heterocycles. The average Bonchev–Trinajstić information content (AvgIpc) is 3.19. The Morgan fingerprint density at radius 3 is 2.68 bits per heavy atom. The number of carbonyl (C=O) groups excluding carboxylic acids is 1. The van der Waals surface area contributed by atoms with Crippen LogP contribution in [0, 0.1) is 5.92 Å². The molecule has 1 aliphatic carbocycles. The first-order valence-electron chi connectivity index (χ1n) is 11.5. The third kappa shape index (κ3) is 4.31. The Labute approximate surface area is 186 Å². The van der Waals surface area contributed by atoms with Crippen molar-refractivity contribution >= 4 is 27.5 Å². The second-order valence-corrected chi connectivity index (χ2v) is 9.98. The number of benzene rings is 1. The smallest absolute Gasteiger partial charge is 0.262 e. The highest BCUT2D eigenvalue weighted by molar-refractivity contribution is 7.18. The molecule has 1 aromatic carbocycles. The summed E-state index contributed by atoms with van der Waals surface area (Å²) >= 11 is 1.67. The van der Waals surface area contributed by atoms with Crippen LogP contribution >= 0.6 is 11.3 Å². The number of rotatable bonds is 5. The molecule has 1 fully saturated rings. The predicted octanol–water partition coefficient (Wildman–Crippen LogP) is 4.21. The molecule has 1 aliphatic heterocycles. The molecule has 2 aliphatic rings. The Kier molecular flexibility index (Phi) is 5.90. The summed E-state index contributed by atoms with van der Waals surface area (Å²) in [5, 5.41) is 0.802. The summed E-state index contributed by atoms with van der Waals surface area (Å²) in [6, 6.07) is 10.6. The summed E-state index contributed by atoms with van der Waals surface area (Å²) in [6.07, 6.45) is 9.58. The fraction of sp³-hybridized carbons (Fsp3) is 0.480. The van der Waals surface area contributed by atoms with Gasteiger partial charge in [-0.15, -0.1) is 11.3 Å². The SMILES string of the molecule is O=C(CCn1cnc2sc3c(c2c1=O)CCCC3)N1CCC(Cc2ccccc2)CC1. The number of carbonyl (C=O) groups is 1. The Hall–Kier alpha value is -2.47. The van der Waals surface area contributed by atoms with Crippen molar-refractivity contribution in [2.75, 3.05) is 13.1 Å². The molecular weight excluding hydrogens is 406 g/mol. The molecule has 6 heteroatoms. The Balaban J connectivity index is 1.19. The number of thiophene rings is 1. The van der Waals surface area contributed by atoms with E-state index < -0.39 is 0 Å². The van der Waals surface area contributed by atoms with Gasteiger partial charge in [0.1, 0.15) is 4.83 Å². The molecule has 0 radical (unpaired) electrons. The van der Waals surface area contributed by atoms with Gasteiger partial charge in [-0.25, -0.2) is 4.98 Å². The molecule has 0 unspecified atom stereocenters. The zero-order valence-electron chi connectivity index (χ0n) is 17.9. The van der Waals surface area contributed by atoms with E-state index in [9.17, 15) is 9.59 Å². The first kappa shape index (κ1) is 20.4. The number of aromatic nitrogens is 2. The minimum Gasteiger partial charge on any atom is -0.343 e. The van der Waals surface area contributed by atoms with Gasteiger partial charge in [-0.2, -0.15) is 0 Å². The molecular formula is C25H29N3O2S. The summed E-state index contributed by atoms with van der Waals surface area (Å²) in [4.78, 5) is 34.6. The van der Waals surface area contributed by atoms with Crippen LogP contribution in [0.15, 0.2) is 41.5 Å². The van der Waals surface area contributed by atoms with Crippen LogP contribution in [0.5, 0.6) is 0 Å². The van der Waals surface area contributed by atoms with Crippen LogP contribution in [-0.4, -0.2) is 33.4 Å². The van der Waals surface area contributed by atoms with E-state index in [-0.39, 0.29) is 11.5 Å². The molecule has 0 saturated carbocycles. The lowest BCUT2D eigenvalue weighted by atomic mass is 9.90. The fourth-order valence-corrected chi connectivity index (χ4v) is 6.27. The lowest BCUT2D eigenvalue weighted by Gasteiger charge is -2.32. The summed E-state index contributed by atoms with van der Waals surface area (Å²) in [7, 11) is 0. The highest BCUT2D eigenvalue weighted by Crippen LogP contribution is 2.33. The van der Waals surface area contributed by atoms with Crippen LogP contribution < -0.4 is 5.56 Å². The molecule has 1 saturated heterocycles. The normalized spacial score (nSPS) is 17.1. The van der Waals surface area contributed by atoms with Gasteiger partial charge in [0.25, 0.3) is 5.56 Å². The number of nitrogens with zero attached hydrogens (tertiary/aromatic N) is 3. The maximum Gasteiger partial charge on any atom is 0.262 e. The van der Waals surface area contributed by atoms with Gasteiger partial charge >= 0.3 is 0 Å². The number of amides is 1. The first-order valence-corrected chi connectivity index (χ1v) is 12.3. The van der Waals surface area contributed by atoms with Gasteiger partial charge in [-0.3, -0.25) is 14.2 Å². The van der Waals surface area contributed by atoms with E-state index in [1.807, 2.05) is 4.90 Å². The summed E-state index contributed by atoms with van der Waals surface area (Å²) in [5.74, 6) is 0.794. The Morgan fingerprint density at radius 2 is 1.87 bits per heavy atom. The van der Waals surface area contributed by atoms with Gasteiger partial charge in [0.2, 0.25) is 5.91 Å². The third-order valence-electron chi connectivity index (χ3n) is 6.84. The quantitative estimate of drug-likeness (QED) is 0.603. The molecule has 0 atom stereocenters. The van der Waals surface area contributed by atoms with E-state index in [1.165, 1.54) is 22.4 Å². The number of aryl methyl sites for hydroxylation is 3. The fourth-order valence-electron chi connectivity index (χ4n) is 5.05. The largest absolute Gasteiger partial charge is 0.343 e. The maximum atomic E-state index is 13.1. The van der Waals surface area contributed by atoms with Crippen molar-refractivity contribution in [1.29, 1.82) is 0 Å². The van der Waals surface area contributed by atoms with Gasteiger partial charge in [0, 0.05) is 30.9 Å².